The fourth-order valence-corrected chi connectivity index (χ4v) is 3.75. The quantitative estimate of drug-likeness (QED) is 0.234. The Labute approximate surface area is 198 Å². The molecule has 0 bridgehead atoms. The van der Waals surface area contributed by atoms with Gasteiger partial charge in [0.05, 0.1) is 18.6 Å². The van der Waals surface area contributed by atoms with Crippen molar-refractivity contribution >= 4 is 39.0 Å². The van der Waals surface area contributed by atoms with Crippen LogP contribution < -0.4 is 4.74 Å². The molecule has 0 atom stereocenters. The summed E-state index contributed by atoms with van der Waals surface area (Å²) in [7, 11) is 0. The predicted molar refractivity (Wildman–Crippen MR) is 128 cm³/mol. The number of rotatable bonds is 8. The van der Waals surface area contributed by atoms with Gasteiger partial charge in [-0.2, -0.15) is 0 Å². The number of furan rings is 1. The molecule has 1 amide bonds. The molecule has 0 saturated heterocycles. The SMILES string of the molecule is CCOC(=O)c1oc2cccc(OCCCN(C(=O)OC(C)(C)C)C(C)(C)C)c2c1CBr. The van der Waals surface area contributed by atoms with E-state index in [1.165, 1.54) is 0 Å². The summed E-state index contributed by atoms with van der Waals surface area (Å²) in [5, 5.41) is 1.16. The maximum atomic E-state index is 12.6. The second-order valence-corrected chi connectivity index (χ2v) is 9.96. The van der Waals surface area contributed by atoms with Crippen molar-refractivity contribution in [1.82, 2.24) is 4.90 Å². The third-order valence-electron chi connectivity index (χ3n) is 4.58. The molecule has 2 aromatic rings. The number of fused-ring (bicyclic) bond motifs is 1. The van der Waals surface area contributed by atoms with Crippen LogP contribution in [0.1, 0.15) is 71.0 Å². The molecule has 0 spiro atoms. The van der Waals surface area contributed by atoms with Crippen molar-refractivity contribution in [3.8, 4) is 5.75 Å². The van der Waals surface area contributed by atoms with Crippen LogP contribution in [-0.4, -0.2) is 47.9 Å². The molecule has 178 valence electrons. The molecule has 7 nitrogen and oxygen atoms in total. The van der Waals surface area contributed by atoms with Crippen molar-refractivity contribution in [2.24, 2.45) is 0 Å². The van der Waals surface area contributed by atoms with Crippen molar-refractivity contribution in [1.29, 1.82) is 0 Å². The summed E-state index contributed by atoms with van der Waals surface area (Å²) in [5.41, 5.74) is 0.311. The molecule has 0 unspecified atom stereocenters. The van der Waals surface area contributed by atoms with Gasteiger partial charge in [-0.3, -0.25) is 0 Å². The Morgan fingerprint density at radius 3 is 2.38 bits per heavy atom. The minimum Gasteiger partial charge on any atom is -0.493 e. The summed E-state index contributed by atoms with van der Waals surface area (Å²) in [6, 6.07) is 5.45. The molecule has 0 saturated carbocycles. The summed E-state index contributed by atoms with van der Waals surface area (Å²) in [4.78, 5) is 26.6. The summed E-state index contributed by atoms with van der Waals surface area (Å²) in [5.74, 6) is 0.303. The molecule has 0 aliphatic heterocycles. The number of alkyl halides is 1. The number of amides is 1. The summed E-state index contributed by atoms with van der Waals surface area (Å²) in [6.07, 6.45) is 0.265. The van der Waals surface area contributed by atoms with Crippen molar-refractivity contribution < 1.29 is 28.2 Å². The van der Waals surface area contributed by atoms with E-state index in [9.17, 15) is 9.59 Å². The first-order valence-electron chi connectivity index (χ1n) is 10.8. The molecule has 0 aliphatic carbocycles. The van der Waals surface area contributed by atoms with Crippen LogP contribution in [-0.2, 0) is 14.8 Å². The zero-order valence-electron chi connectivity index (χ0n) is 20.0. The van der Waals surface area contributed by atoms with Gasteiger partial charge in [0.25, 0.3) is 0 Å². The zero-order valence-corrected chi connectivity index (χ0v) is 21.6. The van der Waals surface area contributed by atoms with Crippen LogP contribution in [0.4, 0.5) is 4.79 Å². The minimum atomic E-state index is -0.559. The van der Waals surface area contributed by atoms with Gasteiger partial charge in [-0.05, 0) is 67.0 Å². The van der Waals surface area contributed by atoms with Crippen LogP contribution >= 0.6 is 15.9 Å². The van der Waals surface area contributed by atoms with Gasteiger partial charge in [-0.1, -0.05) is 22.0 Å². The molecule has 1 aromatic carbocycles. The molecule has 0 aliphatic rings. The monoisotopic (exact) mass is 511 g/mol. The molecule has 0 radical (unpaired) electrons. The first-order valence-corrected chi connectivity index (χ1v) is 11.9. The fraction of sp³-hybridized carbons (Fsp3) is 0.583. The Morgan fingerprint density at radius 2 is 1.81 bits per heavy atom. The second kappa shape index (κ2) is 10.6. The van der Waals surface area contributed by atoms with E-state index in [2.05, 4.69) is 15.9 Å². The van der Waals surface area contributed by atoms with Crippen molar-refractivity contribution in [3.63, 3.8) is 0 Å². The van der Waals surface area contributed by atoms with E-state index in [1.807, 2.05) is 53.7 Å². The number of nitrogens with zero attached hydrogens (tertiary/aromatic N) is 1. The van der Waals surface area contributed by atoms with Crippen LogP contribution in [0.25, 0.3) is 11.0 Å². The average molecular weight is 512 g/mol. The number of carbonyl (C=O) groups is 2. The number of hydrogen-bond acceptors (Lipinski definition) is 6. The highest BCUT2D eigenvalue weighted by Crippen LogP contribution is 2.35. The van der Waals surface area contributed by atoms with E-state index in [1.54, 1.807) is 17.9 Å². The van der Waals surface area contributed by atoms with Gasteiger partial charge in [-0.25, -0.2) is 9.59 Å². The third-order valence-corrected chi connectivity index (χ3v) is 5.14. The van der Waals surface area contributed by atoms with Gasteiger partial charge in [0, 0.05) is 23.0 Å². The second-order valence-electron chi connectivity index (χ2n) is 9.40. The number of ether oxygens (including phenoxy) is 3. The highest BCUT2D eigenvalue weighted by atomic mass is 79.9. The molecule has 8 heteroatoms. The Hall–Kier alpha value is -2.22. The fourth-order valence-electron chi connectivity index (χ4n) is 3.21. The molecule has 0 fully saturated rings. The first-order chi connectivity index (χ1) is 14.9. The summed E-state index contributed by atoms with van der Waals surface area (Å²) < 4.78 is 22.5. The maximum Gasteiger partial charge on any atom is 0.410 e. The number of benzene rings is 1. The number of esters is 1. The lowest BCUT2D eigenvalue weighted by Gasteiger charge is -2.36. The van der Waals surface area contributed by atoms with Gasteiger partial charge in [-0.15, -0.1) is 0 Å². The molecule has 1 heterocycles. The smallest absolute Gasteiger partial charge is 0.410 e. The van der Waals surface area contributed by atoms with Gasteiger partial charge < -0.3 is 23.5 Å². The number of carbonyl (C=O) groups excluding carboxylic acids is 2. The lowest BCUT2D eigenvalue weighted by atomic mass is 10.1. The summed E-state index contributed by atoms with van der Waals surface area (Å²) >= 11 is 3.44. The van der Waals surface area contributed by atoms with E-state index < -0.39 is 11.6 Å². The maximum absolute atomic E-state index is 12.6. The summed E-state index contributed by atoms with van der Waals surface area (Å²) in [6.45, 7) is 14.4. The molecule has 32 heavy (non-hydrogen) atoms. The Balaban J connectivity index is 2.14. The molecular formula is C24H34BrNO6. The molecular weight excluding hydrogens is 478 g/mol. The van der Waals surface area contributed by atoms with E-state index in [-0.39, 0.29) is 24.0 Å². The number of hydrogen-bond donors (Lipinski definition) is 0. The van der Waals surface area contributed by atoms with Crippen molar-refractivity contribution in [2.75, 3.05) is 19.8 Å². The van der Waals surface area contributed by atoms with E-state index in [0.717, 1.165) is 5.39 Å². The first kappa shape index (κ1) is 26.0. The average Bonchev–Trinajstić information content (AvgIpc) is 3.05. The van der Waals surface area contributed by atoms with E-state index >= 15 is 0 Å². The van der Waals surface area contributed by atoms with Crippen LogP contribution in [0.2, 0.25) is 0 Å². The highest BCUT2D eigenvalue weighted by molar-refractivity contribution is 9.08. The lowest BCUT2D eigenvalue weighted by molar-refractivity contribution is 0.00519. The Morgan fingerprint density at radius 1 is 1.12 bits per heavy atom. The third kappa shape index (κ3) is 6.64. The van der Waals surface area contributed by atoms with Gasteiger partial charge in [0.1, 0.15) is 16.9 Å². The Kier molecular flexibility index (Phi) is 8.62. The normalized spacial score (nSPS) is 12.0. The topological polar surface area (TPSA) is 78.2 Å². The van der Waals surface area contributed by atoms with Crippen LogP contribution in [0.15, 0.2) is 22.6 Å². The van der Waals surface area contributed by atoms with E-state index in [0.29, 0.717) is 41.8 Å². The molecule has 2 rings (SSSR count). The van der Waals surface area contributed by atoms with Crippen LogP contribution in [0.5, 0.6) is 5.75 Å². The lowest BCUT2D eigenvalue weighted by Crippen LogP contribution is -2.48. The van der Waals surface area contributed by atoms with Gasteiger partial charge in [0.2, 0.25) is 5.76 Å². The van der Waals surface area contributed by atoms with Crippen LogP contribution in [0, 0.1) is 0 Å². The van der Waals surface area contributed by atoms with Crippen molar-refractivity contribution in [3.05, 3.63) is 29.5 Å². The van der Waals surface area contributed by atoms with E-state index in [4.69, 9.17) is 18.6 Å². The Bertz CT molecular complexity index is 938. The standard InChI is InChI=1S/C24H34BrNO6/c1-8-29-21(27)20-16(15-25)19-17(11-9-12-18(19)31-20)30-14-10-13-26(23(2,3)4)22(28)32-24(5,6)7/h9,11-12H,8,10,13-15H2,1-7H3. The zero-order chi connectivity index (χ0) is 24.1. The predicted octanol–water partition coefficient (Wildman–Crippen LogP) is 6.31. The highest BCUT2D eigenvalue weighted by Gasteiger charge is 2.30. The largest absolute Gasteiger partial charge is 0.493 e. The van der Waals surface area contributed by atoms with Gasteiger partial charge >= 0.3 is 12.1 Å². The van der Waals surface area contributed by atoms with Crippen LogP contribution in [0.3, 0.4) is 0 Å². The molecule has 1 aromatic heterocycles. The minimum absolute atomic E-state index is 0.179. The number of halogens is 1. The van der Waals surface area contributed by atoms with Gasteiger partial charge in [0.15, 0.2) is 0 Å². The van der Waals surface area contributed by atoms with Crippen molar-refractivity contribution in [2.45, 2.75) is 71.4 Å². The molecule has 0 N–H and O–H groups in total.